The van der Waals surface area contributed by atoms with Gasteiger partial charge in [0.05, 0.1) is 0 Å². The standard InChI is InChI=1S/C11H21NS2/c1-2-14-11-5-3-4-10(11)12-9-6-7-13-8-9/h9-12H,2-8H2,1H3. The van der Waals surface area contributed by atoms with E-state index >= 15 is 0 Å². The fourth-order valence-corrected chi connectivity index (χ4v) is 4.87. The molecule has 0 aromatic carbocycles. The minimum absolute atomic E-state index is 0.822. The fraction of sp³-hybridized carbons (Fsp3) is 1.00. The third-order valence-corrected chi connectivity index (χ3v) is 5.70. The second-order valence-electron chi connectivity index (χ2n) is 4.26. The molecule has 0 bridgehead atoms. The summed E-state index contributed by atoms with van der Waals surface area (Å²) in [5, 5.41) is 4.78. The van der Waals surface area contributed by atoms with Crippen LogP contribution >= 0.6 is 23.5 Å². The van der Waals surface area contributed by atoms with Gasteiger partial charge >= 0.3 is 0 Å². The topological polar surface area (TPSA) is 12.0 Å². The Bertz CT molecular complexity index is 169. The fourth-order valence-electron chi connectivity index (χ4n) is 2.50. The van der Waals surface area contributed by atoms with Crippen molar-refractivity contribution in [1.29, 1.82) is 0 Å². The monoisotopic (exact) mass is 231 g/mol. The lowest BCUT2D eigenvalue weighted by Crippen LogP contribution is -2.41. The molecule has 3 unspecified atom stereocenters. The number of hydrogen-bond donors (Lipinski definition) is 1. The summed E-state index contributed by atoms with van der Waals surface area (Å²) < 4.78 is 0. The van der Waals surface area contributed by atoms with Crippen molar-refractivity contribution in [1.82, 2.24) is 5.32 Å². The van der Waals surface area contributed by atoms with E-state index in [2.05, 4.69) is 35.8 Å². The molecule has 1 N–H and O–H groups in total. The zero-order valence-electron chi connectivity index (χ0n) is 9.00. The Morgan fingerprint density at radius 1 is 1.36 bits per heavy atom. The molecule has 0 spiro atoms. The molecule has 82 valence electrons. The normalized spacial score (nSPS) is 37.9. The van der Waals surface area contributed by atoms with Gasteiger partial charge in [0.25, 0.3) is 0 Å². The lowest BCUT2D eigenvalue weighted by molar-refractivity contribution is 0.461. The van der Waals surface area contributed by atoms with Crippen LogP contribution in [0.15, 0.2) is 0 Å². The van der Waals surface area contributed by atoms with Crippen LogP contribution in [0.4, 0.5) is 0 Å². The second-order valence-corrected chi connectivity index (χ2v) is 6.92. The van der Waals surface area contributed by atoms with Crippen LogP contribution in [0.1, 0.15) is 32.6 Å². The zero-order valence-corrected chi connectivity index (χ0v) is 10.6. The van der Waals surface area contributed by atoms with Gasteiger partial charge in [-0.1, -0.05) is 13.3 Å². The van der Waals surface area contributed by atoms with Crippen LogP contribution in [-0.4, -0.2) is 34.6 Å². The Kier molecular flexibility index (Phi) is 4.51. The van der Waals surface area contributed by atoms with Crippen molar-refractivity contribution >= 4 is 23.5 Å². The number of rotatable bonds is 4. The quantitative estimate of drug-likeness (QED) is 0.799. The van der Waals surface area contributed by atoms with Gasteiger partial charge in [0.1, 0.15) is 0 Å². The van der Waals surface area contributed by atoms with Gasteiger partial charge < -0.3 is 5.32 Å². The first-order chi connectivity index (χ1) is 6.90. The summed E-state index contributed by atoms with van der Waals surface area (Å²) >= 11 is 4.27. The average Bonchev–Trinajstić information content (AvgIpc) is 2.80. The van der Waals surface area contributed by atoms with Crippen molar-refractivity contribution in [3.63, 3.8) is 0 Å². The van der Waals surface area contributed by atoms with Crippen molar-refractivity contribution in [2.24, 2.45) is 0 Å². The number of hydrogen-bond acceptors (Lipinski definition) is 3. The highest BCUT2D eigenvalue weighted by Gasteiger charge is 2.29. The molecule has 1 aliphatic heterocycles. The first kappa shape index (κ1) is 11.2. The third-order valence-electron chi connectivity index (χ3n) is 3.21. The van der Waals surface area contributed by atoms with Crippen molar-refractivity contribution in [2.45, 2.75) is 49.9 Å². The zero-order chi connectivity index (χ0) is 9.80. The van der Waals surface area contributed by atoms with Crippen LogP contribution in [0.25, 0.3) is 0 Å². The highest BCUT2D eigenvalue weighted by atomic mass is 32.2. The van der Waals surface area contributed by atoms with Crippen molar-refractivity contribution in [2.75, 3.05) is 17.3 Å². The summed E-state index contributed by atoms with van der Waals surface area (Å²) in [5.74, 6) is 4.00. The molecular formula is C11H21NS2. The summed E-state index contributed by atoms with van der Waals surface area (Å²) in [6.45, 7) is 2.28. The highest BCUT2D eigenvalue weighted by Crippen LogP contribution is 2.31. The summed E-state index contributed by atoms with van der Waals surface area (Å²) in [7, 11) is 0. The maximum Gasteiger partial charge on any atom is 0.0201 e. The molecule has 1 nitrogen and oxygen atoms in total. The molecule has 0 aromatic heterocycles. The molecule has 1 saturated carbocycles. The second kappa shape index (κ2) is 5.66. The van der Waals surface area contributed by atoms with Crippen molar-refractivity contribution in [3.05, 3.63) is 0 Å². The number of thioether (sulfide) groups is 2. The maximum atomic E-state index is 3.87. The molecule has 0 radical (unpaired) electrons. The van der Waals surface area contributed by atoms with Gasteiger partial charge in [-0.25, -0.2) is 0 Å². The van der Waals surface area contributed by atoms with Crippen LogP contribution in [0.5, 0.6) is 0 Å². The molecule has 2 fully saturated rings. The van der Waals surface area contributed by atoms with E-state index in [1.165, 1.54) is 42.9 Å². The summed E-state index contributed by atoms with van der Waals surface area (Å²) in [5.41, 5.74) is 0. The Labute approximate surface area is 96.2 Å². The van der Waals surface area contributed by atoms with E-state index in [0.717, 1.165) is 17.3 Å². The molecule has 2 rings (SSSR count). The minimum Gasteiger partial charge on any atom is -0.309 e. The first-order valence-corrected chi connectivity index (χ1v) is 8.06. The summed E-state index contributed by atoms with van der Waals surface area (Å²) in [4.78, 5) is 0. The van der Waals surface area contributed by atoms with Crippen LogP contribution in [-0.2, 0) is 0 Å². The molecule has 0 aromatic rings. The Morgan fingerprint density at radius 3 is 3.00 bits per heavy atom. The maximum absolute atomic E-state index is 3.87. The van der Waals surface area contributed by atoms with Crippen LogP contribution in [0.3, 0.4) is 0 Å². The Balaban J connectivity index is 1.77. The van der Waals surface area contributed by atoms with Gasteiger partial charge in [-0.3, -0.25) is 0 Å². The van der Waals surface area contributed by atoms with Crippen molar-refractivity contribution in [3.8, 4) is 0 Å². The molecular weight excluding hydrogens is 210 g/mol. The number of nitrogens with one attached hydrogen (secondary N) is 1. The van der Waals surface area contributed by atoms with Gasteiger partial charge in [-0.15, -0.1) is 0 Å². The van der Waals surface area contributed by atoms with E-state index in [0.29, 0.717) is 0 Å². The van der Waals surface area contributed by atoms with E-state index in [9.17, 15) is 0 Å². The molecule has 1 saturated heterocycles. The van der Waals surface area contributed by atoms with Gasteiger partial charge in [-0.2, -0.15) is 23.5 Å². The van der Waals surface area contributed by atoms with Gasteiger partial charge in [0.2, 0.25) is 0 Å². The minimum atomic E-state index is 0.822. The molecule has 0 amide bonds. The molecule has 14 heavy (non-hydrogen) atoms. The Morgan fingerprint density at radius 2 is 2.29 bits per heavy atom. The highest BCUT2D eigenvalue weighted by molar-refractivity contribution is 8.00. The predicted molar refractivity (Wildman–Crippen MR) is 68.4 cm³/mol. The lowest BCUT2D eigenvalue weighted by Gasteiger charge is -2.23. The summed E-state index contributed by atoms with van der Waals surface area (Å²) in [6, 6.07) is 1.65. The molecule has 3 atom stereocenters. The molecule has 1 heterocycles. The van der Waals surface area contributed by atoms with Gasteiger partial charge in [0.15, 0.2) is 0 Å². The average molecular weight is 231 g/mol. The van der Waals surface area contributed by atoms with E-state index in [4.69, 9.17) is 0 Å². The SMILES string of the molecule is CCSC1CCCC1NC1CCSC1. The molecule has 3 heteroatoms. The van der Waals surface area contributed by atoms with E-state index < -0.39 is 0 Å². The van der Waals surface area contributed by atoms with Gasteiger partial charge in [-0.05, 0) is 30.8 Å². The van der Waals surface area contributed by atoms with Crippen LogP contribution in [0, 0.1) is 0 Å². The van der Waals surface area contributed by atoms with Crippen LogP contribution in [0.2, 0.25) is 0 Å². The van der Waals surface area contributed by atoms with E-state index in [1.807, 2.05) is 0 Å². The predicted octanol–water partition coefficient (Wildman–Crippen LogP) is 2.76. The van der Waals surface area contributed by atoms with E-state index in [-0.39, 0.29) is 0 Å². The van der Waals surface area contributed by atoms with Crippen LogP contribution < -0.4 is 5.32 Å². The molecule has 2 aliphatic rings. The summed E-state index contributed by atoms with van der Waals surface area (Å²) in [6.07, 6.45) is 5.69. The van der Waals surface area contributed by atoms with Gasteiger partial charge in [0, 0.05) is 23.1 Å². The lowest BCUT2D eigenvalue weighted by atomic mass is 10.2. The Hall–Kier alpha value is 0.660. The third kappa shape index (κ3) is 2.83. The smallest absolute Gasteiger partial charge is 0.0201 e. The first-order valence-electron chi connectivity index (χ1n) is 5.85. The van der Waals surface area contributed by atoms with E-state index in [1.54, 1.807) is 0 Å². The largest absolute Gasteiger partial charge is 0.309 e. The molecule has 1 aliphatic carbocycles. The van der Waals surface area contributed by atoms with Crippen molar-refractivity contribution < 1.29 is 0 Å².